The van der Waals surface area contributed by atoms with Crippen LogP contribution in [0.25, 0.3) is 21.8 Å². The van der Waals surface area contributed by atoms with Crippen LogP contribution in [0.1, 0.15) is 30.4 Å². The molecule has 40 heavy (non-hydrogen) atoms. The number of likely N-dealkylation sites (tertiary alicyclic amines) is 1. The lowest BCUT2D eigenvalue weighted by atomic mass is 9.67. The molecule has 202 valence electrons. The molecule has 6 nitrogen and oxygen atoms in total. The Morgan fingerprint density at radius 2 is 1.27 bits per heavy atom. The van der Waals surface area contributed by atoms with Crippen molar-refractivity contribution < 1.29 is 9.59 Å². The summed E-state index contributed by atoms with van der Waals surface area (Å²) in [6, 6.07) is 27.0. The molecule has 4 heterocycles. The molecule has 0 N–H and O–H groups in total. The number of fused-ring (bicyclic) bond motifs is 2. The van der Waals surface area contributed by atoms with Gasteiger partial charge >= 0.3 is 0 Å². The molecule has 2 aromatic heterocycles. The van der Waals surface area contributed by atoms with Gasteiger partial charge in [0.25, 0.3) is 0 Å². The number of rotatable bonds is 4. The number of carbonyl (C=O) groups is 2. The van der Waals surface area contributed by atoms with Crippen LogP contribution >= 0.6 is 0 Å². The number of nitrogens with zero attached hydrogens (tertiary/aromatic N) is 4. The number of aryl methyl sites for hydroxylation is 2. The third-order valence-corrected chi connectivity index (χ3v) is 9.30. The summed E-state index contributed by atoms with van der Waals surface area (Å²) >= 11 is 0. The maximum absolute atomic E-state index is 13.8. The van der Waals surface area contributed by atoms with Gasteiger partial charge in [-0.3, -0.25) is 9.59 Å². The molecule has 1 atom stereocenters. The van der Waals surface area contributed by atoms with Gasteiger partial charge in [0.2, 0.25) is 11.8 Å². The van der Waals surface area contributed by atoms with Crippen LogP contribution in [0.2, 0.25) is 0 Å². The number of hydrogen-bond acceptors (Lipinski definition) is 2. The summed E-state index contributed by atoms with van der Waals surface area (Å²) in [4.78, 5) is 30.4. The van der Waals surface area contributed by atoms with Crippen LogP contribution in [0, 0.1) is 5.92 Å². The smallest absolute Gasteiger partial charge is 0.228 e. The highest BCUT2D eigenvalue weighted by atomic mass is 16.2. The quantitative estimate of drug-likeness (QED) is 0.302. The number of piperidine rings is 1. The average molecular weight is 531 g/mol. The van der Waals surface area contributed by atoms with E-state index in [0.29, 0.717) is 19.6 Å². The number of hydrogen-bond donors (Lipinski definition) is 0. The molecule has 0 aliphatic carbocycles. The molecule has 2 aliphatic heterocycles. The molecule has 2 aliphatic rings. The van der Waals surface area contributed by atoms with Gasteiger partial charge < -0.3 is 18.9 Å². The fraction of sp³-hybridized carbons (Fsp3) is 0.294. The Kier molecular flexibility index (Phi) is 5.81. The van der Waals surface area contributed by atoms with Crippen LogP contribution in [0.5, 0.6) is 0 Å². The lowest BCUT2D eigenvalue weighted by Gasteiger charge is -2.43. The number of amides is 2. The van der Waals surface area contributed by atoms with Crippen LogP contribution in [0.4, 0.5) is 5.69 Å². The zero-order chi connectivity index (χ0) is 27.4. The van der Waals surface area contributed by atoms with Crippen molar-refractivity contribution in [2.24, 2.45) is 20.0 Å². The average Bonchev–Trinajstić information content (AvgIpc) is 3.67. The monoisotopic (exact) mass is 530 g/mol. The second-order valence-corrected chi connectivity index (χ2v) is 11.5. The summed E-state index contributed by atoms with van der Waals surface area (Å²) in [6.07, 6.45) is 6.56. The second kappa shape index (κ2) is 9.40. The predicted molar refractivity (Wildman–Crippen MR) is 159 cm³/mol. The molecular weight excluding hydrogens is 496 g/mol. The number of anilines is 1. The molecule has 5 aromatic rings. The predicted octanol–water partition coefficient (Wildman–Crippen LogP) is 5.63. The normalized spacial score (nSPS) is 19.1. The molecule has 0 saturated carbocycles. The largest absolute Gasteiger partial charge is 0.350 e. The Balaban J connectivity index is 1.23. The van der Waals surface area contributed by atoms with Crippen LogP contribution in [0.3, 0.4) is 0 Å². The lowest BCUT2D eigenvalue weighted by Crippen LogP contribution is -2.48. The van der Waals surface area contributed by atoms with Crippen LogP contribution in [-0.4, -0.2) is 45.5 Å². The molecule has 0 bridgehead atoms. The zero-order valence-corrected chi connectivity index (χ0v) is 23.1. The van der Waals surface area contributed by atoms with Gasteiger partial charge in [-0.05, 0) is 48.2 Å². The van der Waals surface area contributed by atoms with Crippen molar-refractivity contribution in [3.05, 3.63) is 102 Å². The maximum Gasteiger partial charge on any atom is 0.228 e. The van der Waals surface area contributed by atoms with Gasteiger partial charge in [-0.2, -0.15) is 0 Å². The highest BCUT2D eigenvalue weighted by molar-refractivity contribution is 6.00. The van der Waals surface area contributed by atoms with Crippen molar-refractivity contribution in [1.29, 1.82) is 0 Å². The van der Waals surface area contributed by atoms with Crippen molar-refractivity contribution in [3.63, 3.8) is 0 Å². The van der Waals surface area contributed by atoms with Crippen molar-refractivity contribution in [3.8, 4) is 0 Å². The number of carbonyl (C=O) groups excluding carboxylic acids is 2. The van der Waals surface area contributed by atoms with Gasteiger partial charge in [-0.25, -0.2) is 0 Å². The first-order chi connectivity index (χ1) is 19.5. The van der Waals surface area contributed by atoms with E-state index in [-0.39, 0.29) is 29.6 Å². The van der Waals surface area contributed by atoms with E-state index in [1.54, 1.807) is 4.90 Å². The molecule has 0 radical (unpaired) electrons. The highest BCUT2D eigenvalue weighted by Gasteiger charge is 2.44. The van der Waals surface area contributed by atoms with E-state index >= 15 is 0 Å². The highest BCUT2D eigenvalue weighted by Crippen LogP contribution is 2.48. The lowest BCUT2D eigenvalue weighted by molar-refractivity contribution is -0.137. The Hall–Kier alpha value is -4.32. The van der Waals surface area contributed by atoms with E-state index in [1.807, 2.05) is 35.2 Å². The summed E-state index contributed by atoms with van der Waals surface area (Å²) < 4.78 is 4.47. The van der Waals surface area contributed by atoms with E-state index in [9.17, 15) is 9.59 Å². The summed E-state index contributed by atoms with van der Waals surface area (Å²) in [7, 11) is 4.24. The first kappa shape index (κ1) is 24.7. The zero-order valence-electron chi connectivity index (χ0n) is 23.1. The first-order valence-electron chi connectivity index (χ1n) is 14.2. The van der Waals surface area contributed by atoms with Gasteiger partial charge in [-0.15, -0.1) is 0 Å². The number of para-hydroxylation sites is 3. The van der Waals surface area contributed by atoms with Crippen molar-refractivity contribution in [2.75, 3.05) is 24.5 Å². The standard InChI is InChI=1S/C34H34N4O2/c1-35-22-28(26-12-6-8-14-30(26)35)34(29-23-36(2)31-15-9-7-13-27(29)31)16-18-37(19-17-34)33(40)24-20-32(39)38(21-24)25-10-4-3-5-11-25/h3-15,22-24H,16-21H2,1-2H3/t24-/m0/s1. The third kappa shape index (κ3) is 3.77. The Labute approximate surface area is 234 Å². The summed E-state index contributed by atoms with van der Waals surface area (Å²) in [5.41, 5.74) is 5.76. The van der Waals surface area contributed by atoms with Gasteiger partial charge in [0.15, 0.2) is 0 Å². The molecule has 2 amide bonds. The van der Waals surface area contributed by atoms with Crippen molar-refractivity contribution in [1.82, 2.24) is 14.0 Å². The summed E-state index contributed by atoms with van der Waals surface area (Å²) in [5, 5.41) is 2.55. The minimum Gasteiger partial charge on any atom is -0.350 e. The topological polar surface area (TPSA) is 50.5 Å². The molecule has 2 saturated heterocycles. The van der Waals surface area contributed by atoms with Gasteiger partial charge in [0.05, 0.1) is 5.92 Å². The molecule has 0 unspecified atom stereocenters. The summed E-state index contributed by atoms with van der Waals surface area (Å²) in [5.74, 6) is -0.158. The fourth-order valence-electron chi connectivity index (χ4n) is 7.23. The summed E-state index contributed by atoms with van der Waals surface area (Å²) in [6.45, 7) is 1.79. The van der Waals surface area contributed by atoms with E-state index in [0.717, 1.165) is 18.5 Å². The minimum absolute atomic E-state index is 0.0300. The first-order valence-corrected chi connectivity index (χ1v) is 14.2. The SMILES string of the molecule is Cn1cc(C2(c3cn(C)c4ccccc34)CCN(C(=O)[C@H]3CC(=O)N(c4ccccc4)C3)CC2)c2ccccc21. The van der Waals surface area contributed by atoms with Gasteiger partial charge in [0.1, 0.15) is 0 Å². The molecule has 3 aromatic carbocycles. The Morgan fingerprint density at radius 1 is 0.750 bits per heavy atom. The minimum atomic E-state index is -0.296. The maximum atomic E-state index is 13.8. The van der Waals surface area contributed by atoms with Crippen LogP contribution in [-0.2, 0) is 29.1 Å². The molecule has 6 heteroatoms. The van der Waals surface area contributed by atoms with Crippen molar-refractivity contribution >= 4 is 39.3 Å². The third-order valence-electron chi connectivity index (χ3n) is 9.30. The molecule has 2 fully saturated rings. The molecule has 0 spiro atoms. The van der Waals surface area contributed by atoms with Gasteiger partial charge in [0, 0.05) is 85.5 Å². The van der Waals surface area contributed by atoms with Crippen LogP contribution in [0.15, 0.2) is 91.3 Å². The van der Waals surface area contributed by atoms with Crippen molar-refractivity contribution in [2.45, 2.75) is 24.7 Å². The molecular formula is C34H34N4O2. The Bertz CT molecular complexity index is 1660. The number of benzene rings is 3. The fourth-order valence-corrected chi connectivity index (χ4v) is 7.23. The van der Waals surface area contributed by atoms with E-state index in [4.69, 9.17) is 0 Å². The Morgan fingerprint density at radius 3 is 1.85 bits per heavy atom. The second-order valence-electron chi connectivity index (χ2n) is 11.5. The van der Waals surface area contributed by atoms with Gasteiger partial charge in [-0.1, -0.05) is 54.6 Å². The van der Waals surface area contributed by atoms with E-state index < -0.39 is 0 Å². The number of aromatic nitrogens is 2. The van der Waals surface area contributed by atoms with E-state index in [2.05, 4.69) is 84.2 Å². The van der Waals surface area contributed by atoms with E-state index in [1.165, 1.54) is 32.9 Å². The molecule has 7 rings (SSSR count). The van der Waals surface area contributed by atoms with Crippen LogP contribution < -0.4 is 4.90 Å².